The average Bonchev–Trinajstić information content (AvgIpc) is 3.84. The zero-order valence-corrected chi connectivity index (χ0v) is 24.8. The molecular formula is C31H39ClN8O2. The Morgan fingerprint density at radius 2 is 1.57 bits per heavy atom. The monoisotopic (exact) mass is 590 g/mol. The minimum Gasteiger partial charge on any atom is -0.369 e. The molecule has 6 rings (SSSR count). The first-order chi connectivity index (χ1) is 20.3. The zero-order valence-electron chi connectivity index (χ0n) is 24.1. The molecule has 2 saturated heterocycles. The van der Waals surface area contributed by atoms with Gasteiger partial charge in [-0.3, -0.25) is 9.59 Å². The normalized spacial score (nSPS) is 17.3. The van der Waals surface area contributed by atoms with Gasteiger partial charge in [-0.05, 0) is 87.0 Å². The van der Waals surface area contributed by atoms with Crippen molar-refractivity contribution in [1.29, 1.82) is 0 Å². The molecule has 1 aromatic heterocycles. The number of benzene rings is 2. The molecule has 2 amide bonds. The predicted molar refractivity (Wildman–Crippen MR) is 168 cm³/mol. The molecule has 3 aromatic rings. The van der Waals surface area contributed by atoms with Gasteiger partial charge < -0.3 is 31.5 Å². The number of halogens is 1. The van der Waals surface area contributed by atoms with Crippen molar-refractivity contribution in [2.45, 2.75) is 38.0 Å². The fourth-order valence-electron chi connectivity index (χ4n) is 5.29. The van der Waals surface area contributed by atoms with Crippen LogP contribution in [0.2, 0.25) is 5.02 Å². The largest absolute Gasteiger partial charge is 0.369 e. The van der Waals surface area contributed by atoms with E-state index in [0.717, 1.165) is 69.2 Å². The first-order valence-electron chi connectivity index (χ1n) is 14.6. The van der Waals surface area contributed by atoms with Crippen LogP contribution >= 0.6 is 11.6 Å². The van der Waals surface area contributed by atoms with Crippen molar-refractivity contribution in [3.8, 4) is 0 Å². The van der Waals surface area contributed by atoms with Crippen LogP contribution in [0.3, 0.4) is 0 Å². The molecule has 5 N–H and O–H groups in total. The van der Waals surface area contributed by atoms with Gasteiger partial charge in [0.2, 0.25) is 5.91 Å². The second-order valence-corrected chi connectivity index (χ2v) is 11.6. The lowest BCUT2D eigenvalue weighted by molar-refractivity contribution is 0.0989. The molecule has 0 bridgehead atoms. The third kappa shape index (κ3) is 7.49. The zero-order chi connectivity index (χ0) is 29.6. The van der Waals surface area contributed by atoms with Crippen molar-refractivity contribution >= 4 is 46.4 Å². The standard InChI is InChI=1S/C21H29N7O.C10H10ClNO/c1-26-11-13-27(14-12-26)17-7-5-16(6-8-17)24-21-19(20(22)29)23-15-18(25-21)28-9-3-2-4-10-28;11-9-5-7(10(12)13)3-4-8(9)6-1-2-6/h5-8,15H,2-4,9-14H2,1H3,(H2,22,29)(H,24,25);3-6H,1-2H2,(H2,12,13). The number of aromatic nitrogens is 2. The molecule has 10 nitrogen and oxygen atoms in total. The molecule has 11 heteroatoms. The molecule has 1 aliphatic carbocycles. The first kappa shape index (κ1) is 29.6. The SMILES string of the molecule is CN1CCN(c2ccc(Nc3nc(N4CCCCC4)cnc3C(N)=O)cc2)CC1.NC(=O)c1ccc(C2CC2)c(Cl)c1. The van der Waals surface area contributed by atoms with E-state index >= 15 is 0 Å². The highest BCUT2D eigenvalue weighted by Gasteiger charge is 2.26. The first-order valence-corrected chi connectivity index (χ1v) is 15.0. The predicted octanol–water partition coefficient (Wildman–Crippen LogP) is 4.38. The lowest BCUT2D eigenvalue weighted by Gasteiger charge is -2.34. The maximum Gasteiger partial charge on any atom is 0.271 e. The van der Waals surface area contributed by atoms with Gasteiger partial charge in [0.1, 0.15) is 5.82 Å². The molecule has 0 spiro atoms. The number of carbonyl (C=O) groups is 2. The van der Waals surface area contributed by atoms with Crippen molar-refractivity contribution in [1.82, 2.24) is 14.9 Å². The van der Waals surface area contributed by atoms with E-state index in [2.05, 4.69) is 49.2 Å². The van der Waals surface area contributed by atoms with Crippen molar-refractivity contribution in [2.24, 2.45) is 11.5 Å². The Hall–Kier alpha value is -3.89. The maximum absolute atomic E-state index is 11.8. The number of piperidine rings is 1. The van der Waals surface area contributed by atoms with Crippen molar-refractivity contribution < 1.29 is 9.59 Å². The summed E-state index contributed by atoms with van der Waals surface area (Å²) in [5.41, 5.74) is 14.5. The van der Waals surface area contributed by atoms with Gasteiger partial charge in [0.25, 0.3) is 5.91 Å². The molecule has 3 heterocycles. The lowest BCUT2D eigenvalue weighted by Crippen LogP contribution is -2.44. The van der Waals surface area contributed by atoms with Crippen LogP contribution in [0, 0.1) is 0 Å². The number of hydrogen-bond acceptors (Lipinski definition) is 8. The molecule has 0 atom stereocenters. The Labute approximate surface area is 252 Å². The summed E-state index contributed by atoms with van der Waals surface area (Å²) in [7, 11) is 2.15. The average molecular weight is 591 g/mol. The number of nitrogens with one attached hydrogen (secondary N) is 1. The van der Waals surface area contributed by atoms with Crippen LogP contribution in [0.4, 0.5) is 23.0 Å². The third-order valence-electron chi connectivity index (χ3n) is 7.97. The van der Waals surface area contributed by atoms with E-state index in [9.17, 15) is 9.59 Å². The number of carbonyl (C=O) groups excluding carboxylic acids is 2. The number of amides is 2. The summed E-state index contributed by atoms with van der Waals surface area (Å²) in [6.07, 6.45) is 7.60. The summed E-state index contributed by atoms with van der Waals surface area (Å²) < 4.78 is 0. The molecule has 0 radical (unpaired) electrons. The van der Waals surface area contributed by atoms with E-state index in [-0.39, 0.29) is 5.69 Å². The highest BCUT2D eigenvalue weighted by Crippen LogP contribution is 2.43. The molecule has 2 aromatic carbocycles. The summed E-state index contributed by atoms with van der Waals surface area (Å²) in [4.78, 5) is 38.6. The number of nitrogens with zero attached hydrogens (tertiary/aromatic N) is 5. The molecule has 0 unspecified atom stereocenters. The minimum atomic E-state index is -0.584. The van der Waals surface area contributed by atoms with Gasteiger partial charge in [0.05, 0.1) is 6.20 Å². The van der Waals surface area contributed by atoms with E-state index in [1.807, 2.05) is 18.2 Å². The van der Waals surface area contributed by atoms with E-state index in [1.165, 1.54) is 24.9 Å². The second kappa shape index (κ2) is 13.4. The van der Waals surface area contributed by atoms with E-state index < -0.39 is 11.8 Å². The molecule has 3 fully saturated rings. The Morgan fingerprint density at radius 3 is 2.17 bits per heavy atom. The van der Waals surface area contributed by atoms with Gasteiger partial charge in [-0.15, -0.1) is 0 Å². The number of primary amides is 2. The number of anilines is 4. The van der Waals surface area contributed by atoms with Crippen LogP contribution < -0.4 is 26.6 Å². The van der Waals surface area contributed by atoms with Crippen molar-refractivity contribution in [3.05, 3.63) is 70.5 Å². The van der Waals surface area contributed by atoms with E-state index in [0.29, 0.717) is 22.3 Å². The van der Waals surface area contributed by atoms with Gasteiger partial charge >= 0.3 is 0 Å². The number of rotatable bonds is 7. The Kier molecular flexibility index (Phi) is 9.44. The summed E-state index contributed by atoms with van der Waals surface area (Å²) in [5, 5.41) is 3.91. The van der Waals surface area contributed by atoms with E-state index in [4.69, 9.17) is 23.1 Å². The summed E-state index contributed by atoms with van der Waals surface area (Å²) in [5.74, 6) is 0.789. The lowest BCUT2D eigenvalue weighted by atomic mass is 10.1. The Balaban J connectivity index is 0.000000226. The topological polar surface area (TPSA) is 134 Å². The van der Waals surface area contributed by atoms with E-state index in [1.54, 1.807) is 18.3 Å². The number of likely N-dealkylation sites (N-methyl/N-ethyl adjacent to an activating group) is 1. The summed E-state index contributed by atoms with van der Waals surface area (Å²) in [6.45, 7) is 6.12. The maximum atomic E-state index is 11.8. The van der Waals surface area contributed by atoms with Crippen molar-refractivity contribution in [3.63, 3.8) is 0 Å². The molecule has 2 aliphatic heterocycles. The van der Waals surface area contributed by atoms with Crippen LogP contribution in [0.25, 0.3) is 0 Å². The summed E-state index contributed by atoms with van der Waals surface area (Å²) >= 11 is 6.00. The van der Waals surface area contributed by atoms with Gasteiger partial charge in [-0.1, -0.05) is 17.7 Å². The second-order valence-electron chi connectivity index (χ2n) is 11.2. The third-order valence-corrected chi connectivity index (χ3v) is 8.30. The van der Waals surface area contributed by atoms with Crippen LogP contribution in [0.15, 0.2) is 48.7 Å². The van der Waals surface area contributed by atoms with Crippen molar-refractivity contribution in [2.75, 3.05) is 61.4 Å². The fourth-order valence-corrected chi connectivity index (χ4v) is 5.62. The molecule has 42 heavy (non-hydrogen) atoms. The molecule has 3 aliphatic rings. The summed E-state index contributed by atoms with van der Waals surface area (Å²) in [6, 6.07) is 13.5. The Bertz CT molecular complexity index is 1400. The van der Waals surface area contributed by atoms with Crippen LogP contribution in [-0.2, 0) is 0 Å². The minimum absolute atomic E-state index is 0.161. The molecule has 1 saturated carbocycles. The fraction of sp³-hybridized carbons (Fsp3) is 0.419. The van der Waals surface area contributed by atoms with Gasteiger partial charge in [-0.25, -0.2) is 9.97 Å². The van der Waals surface area contributed by atoms with Gasteiger partial charge in [0, 0.05) is 61.2 Å². The van der Waals surface area contributed by atoms with Crippen LogP contribution in [-0.4, -0.2) is 73.0 Å². The van der Waals surface area contributed by atoms with Crippen LogP contribution in [0.5, 0.6) is 0 Å². The number of hydrogen-bond donors (Lipinski definition) is 3. The number of piperazine rings is 1. The quantitative estimate of drug-likeness (QED) is 0.369. The highest BCUT2D eigenvalue weighted by atomic mass is 35.5. The van der Waals surface area contributed by atoms with Gasteiger partial charge in [-0.2, -0.15) is 0 Å². The van der Waals surface area contributed by atoms with Crippen LogP contribution in [0.1, 0.15) is 64.4 Å². The Morgan fingerprint density at radius 1 is 0.881 bits per heavy atom. The molecular weight excluding hydrogens is 552 g/mol. The highest BCUT2D eigenvalue weighted by molar-refractivity contribution is 6.31. The number of nitrogens with two attached hydrogens (primary N) is 2. The smallest absolute Gasteiger partial charge is 0.271 e. The van der Waals surface area contributed by atoms with Gasteiger partial charge in [0.15, 0.2) is 11.5 Å². The molecule has 222 valence electrons.